The van der Waals surface area contributed by atoms with Gasteiger partial charge in [-0.05, 0) is 47.5 Å². The Labute approximate surface area is 175 Å². The fourth-order valence-electron chi connectivity index (χ4n) is 3.42. The minimum absolute atomic E-state index is 0.0865. The fraction of sp³-hybridized carbons (Fsp3) is 0.136. The standard InChI is InChI=1S/C22H22N4O3S/c1-29-17-8-4-15(5-9-17)13-24-14-20-21(19-3-2-12-25-22(19)26-20)16-6-10-18(11-7-16)30(23,27)28/h2-12,24H,13-14H2,1H3,(H,25,26)(H2,23,27,28). The Balaban J connectivity index is 1.61. The molecule has 0 saturated heterocycles. The van der Waals surface area contributed by atoms with Crippen LogP contribution in [-0.4, -0.2) is 25.5 Å². The van der Waals surface area contributed by atoms with Gasteiger partial charge in [0.1, 0.15) is 11.4 Å². The topological polar surface area (TPSA) is 110 Å². The third kappa shape index (κ3) is 4.20. The lowest BCUT2D eigenvalue weighted by Gasteiger charge is -2.09. The number of fused-ring (bicyclic) bond motifs is 1. The van der Waals surface area contributed by atoms with Crippen LogP contribution >= 0.6 is 0 Å². The largest absolute Gasteiger partial charge is 0.497 e. The Morgan fingerprint density at radius 1 is 1.03 bits per heavy atom. The zero-order valence-corrected chi connectivity index (χ0v) is 17.2. The summed E-state index contributed by atoms with van der Waals surface area (Å²) in [5.41, 5.74) is 4.78. The molecule has 0 unspecified atom stereocenters. The average molecular weight is 423 g/mol. The highest BCUT2D eigenvalue weighted by Gasteiger charge is 2.15. The van der Waals surface area contributed by atoms with E-state index in [2.05, 4.69) is 15.3 Å². The zero-order chi connectivity index (χ0) is 21.1. The molecule has 2 aromatic heterocycles. The first kappa shape index (κ1) is 20.1. The molecule has 0 atom stereocenters. The van der Waals surface area contributed by atoms with Crippen molar-refractivity contribution in [1.82, 2.24) is 15.3 Å². The highest BCUT2D eigenvalue weighted by atomic mass is 32.2. The lowest BCUT2D eigenvalue weighted by molar-refractivity contribution is 0.414. The van der Waals surface area contributed by atoms with Gasteiger partial charge in [-0.3, -0.25) is 0 Å². The number of nitrogens with two attached hydrogens (primary N) is 1. The second kappa shape index (κ2) is 8.27. The summed E-state index contributed by atoms with van der Waals surface area (Å²) in [6, 6.07) is 18.4. The van der Waals surface area contributed by atoms with Crippen molar-refractivity contribution in [3.8, 4) is 16.9 Å². The molecule has 0 saturated carbocycles. The van der Waals surface area contributed by atoms with Crippen molar-refractivity contribution >= 4 is 21.1 Å². The maximum Gasteiger partial charge on any atom is 0.238 e. The number of aromatic amines is 1. The number of nitrogens with one attached hydrogen (secondary N) is 2. The van der Waals surface area contributed by atoms with Gasteiger partial charge in [0.05, 0.1) is 12.0 Å². The number of H-pyrrole nitrogens is 1. The van der Waals surface area contributed by atoms with Crippen molar-refractivity contribution in [3.63, 3.8) is 0 Å². The van der Waals surface area contributed by atoms with Crippen LogP contribution < -0.4 is 15.2 Å². The summed E-state index contributed by atoms with van der Waals surface area (Å²) < 4.78 is 28.3. The maximum atomic E-state index is 11.6. The van der Waals surface area contributed by atoms with Gasteiger partial charge in [-0.2, -0.15) is 0 Å². The number of methoxy groups -OCH3 is 1. The number of pyridine rings is 1. The van der Waals surface area contributed by atoms with Gasteiger partial charge in [-0.15, -0.1) is 0 Å². The second-order valence-corrected chi connectivity index (χ2v) is 8.46. The monoisotopic (exact) mass is 422 g/mol. The minimum atomic E-state index is -3.73. The van der Waals surface area contributed by atoms with Crippen LogP contribution in [0.4, 0.5) is 0 Å². The van der Waals surface area contributed by atoms with Crippen molar-refractivity contribution in [1.29, 1.82) is 0 Å². The summed E-state index contributed by atoms with van der Waals surface area (Å²) in [5.74, 6) is 0.825. The lowest BCUT2D eigenvalue weighted by Crippen LogP contribution is -2.13. The highest BCUT2D eigenvalue weighted by molar-refractivity contribution is 7.89. The maximum absolute atomic E-state index is 11.6. The van der Waals surface area contributed by atoms with Gasteiger partial charge in [0.25, 0.3) is 0 Å². The van der Waals surface area contributed by atoms with Crippen molar-refractivity contribution in [2.24, 2.45) is 5.14 Å². The predicted octanol–water partition coefficient (Wildman–Crippen LogP) is 3.18. The second-order valence-electron chi connectivity index (χ2n) is 6.90. The van der Waals surface area contributed by atoms with Crippen LogP contribution in [-0.2, 0) is 23.1 Å². The van der Waals surface area contributed by atoms with Gasteiger partial charge in [0.2, 0.25) is 10.0 Å². The molecular formula is C22H22N4O3S. The summed E-state index contributed by atoms with van der Waals surface area (Å²) in [5, 5.41) is 9.64. The molecular weight excluding hydrogens is 400 g/mol. The third-order valence-electron chi connectivity index (χ3n) is 4.91. The molecule has 4 N–H and O–H groups in total. The molecule has 154 valence electrons. The molecule has 0 bridgehead atoms. The third-order valence-corrected chi connectivity index (χ3v) is 5.84. The van der Waals surface area contributed by atoms with Gasteiger partial charge < -0.3 is 15.0 Å². The highest BCUT2D eigenvalue weighted by Crippen LogP contribution is 2.32. The molecule has 0 fully saturated rings. The van der Waals surface area contributed by atoms with Gasteiger partial charge in [-0.1, -0.05) is 24.3 Å². The van der Waals surface area contributed by atoms with E-state index in [-0.39, 0.29) is 4.90 Å². The first-order valence-electron chi connectivity index (χ1n) is 9.38. The molecule has 7 nitrogen and oxygen atoms in total. The van der Waals surface area contributed by atoms with Crippen LogP contribution in [0.15, 0.2) is 71.8 Å². The van der Waals surface area contributed by atoms with Crippen LogP contribution in [0.1, 0.15) is 11.3 Å². The molecule has 0 aliphatic rings. The Morgan fingerprint density at radius 3 is 2.43 bits per heavy atom. The van der Waals surface area contributed by atoms with E-state index < -0.39 is 10.0 Å². The summed E-state index contributed by atoms with van der Waals surface area (Å²) in [6.07, 6.45) is 1.74. The van der Waals surface area contributed by atoms with Crippen molar-refractivity contribution in [3.05, 3.63) is 78.1 Å². The van der Waals surface area contributed by atoms with Crippen molar-refractivity contribution in [2.75, 3.05) is 7.11 Å². The first-order valence-corrected chi connectivity index (χ1v) is 10.9. The van der Waals surface area contributed by atoms with Crippen molar-refractivity contribution in [2.45, 2.75) is 18.0 Å². The number of primary sulfonamides is 1. The number of sulfonamides is 1. The van der Waals surface area contributed by atoms with Crippen LogP contribution in [0.25, 0.3) is 22.2 Å². The molecule has 0 aliphatic carbocycles. The Kier molecular flexibility index (Phi) is 5.54. The summed E-state index contributed by atoms with van der Waals surface area (Å²) in [7, 11) is -2.09. The van der Waals surface area contributed by atoms with Crippen LogP contribution in [0.5, 0.6) is 5.75 Å². The molecule has 4 rings (SSSR count). The van der Waals surface area contributed by atoms with E-state index in [1.165, 1.54) is 12.1 Å². The molecule has 0 spiro atoms. The minimum Gasteiger partial charge on any atom is -0.497 e. The Bertz CT molecular complexity index is 1260. The van der Waals surface area contributed by atoms with Gasteiger partial charge in [0, 0.05) is 35.9 Å². The first-order chi connectivity index (χ1) is 14.5. The predicted molar refractivity (Wildman–Crippen MR) is 116 cm³/mol. The number of rotatable bonds is 7. The number of aromatic nitrogens is 2. The van der Waals surface area contributed by atoms with E-state index >= 15 is 0 Å². The van der Waals surface area contributed by atoms with Gasteiger partial charge in [-0.25, -0.2) is 18.5 Å². The smallest absolute Gasteiger partial charge is 0.238 e. The molecule has 0 amide bonds. The molecule has 8 heteroatoms. The molecule has 0 radical (unpaired) electrons. The average Bonchev–Trinajstić information content (AvgIpc) is 3.12. The SMILES string of the molecule is COc1ccc(CNCc2[nH]c3ncccc3c2-c2ccc(S(N)(=O)=O)cc2)cc1. The number of nitrogens with zero attached hydrogens (tertiary/aromatic N) is 1. The number of ether oxygens (including phenoxy) is 1. The molecule has 2 heterocycles. The van der Waals surface area contributed by atoms with Crippen LogP contribution in [0, 0.1) is 0 Å². The van der Waals surface area contributed by atoms with E-state index in [1.54, 1.807) is 25.4 Å². The van der Waals surface area contributed by atoms with Crippen molar-refractivity contribution < 1.29 is 13.2 Å². The molecule has 30 heavy (non-hydrogen) atoms. The van der Waals surface area contributed by atoms with E-state index in [0.29, 0.717) is 13.1 Å². The van der Waals surface area contributed by atoms with E-state index in [0.717, 1.165) is 39.2 Å². The zero-order valence-electron chi connectivity index (χ0n) is 16.4. The summed E-state index contributed by atoms with van der Waals surface area (Å²) in [4.78, 5) is 7.88. The quantitative estimate of drug-likeness (QED) is 0.424. The van der Waals surface area contributed by atoms with E-state index in [9.17, 15) is 8.42 Å². The normalized spacial score (nSPS) is 11.7. The molecule has 4 aromatic rings. The number of hydrogen-bond donors (Lipinski definition) is 3. The molecule has 2 aromatic carbocycles. The fourth-order valence-corrected chi connectivity index (χ4v) is 3.94. The number of hydrogen-bond acceptors (Lipinski definition) is 5. The van der Waals surface area contributed by atoms with Crippen LogP contribution in [0.2, 0.25) is 0 Å². The van der Waals surface area contributed by atoms with Gasteiger partial charge in [0.15, 0.2) is 0 Å². The Hall–Kier alpha value is -3.20. The Morgan fingerprint density at radius 2 is 1.77 bits per heavy atom. The molecule has 0 aliphatic heterocycles. The summed E-state index contributed by atoms with van der Waals surface area (Å²) >= 11 is 0. The number of benzene rings is 2. The van der Waals surface area contributed by atoms with Crippen LogP contribution in [0.3, 0.4) is 0 Å². The van der Waals surface area contributed by atoms with E-state index in [1.807, 2.05) is 36.4 Å². The van der Waals surface area contributed by atoms with Gasteiger partial charge >= 0.3 is 0 Å². The van der Waals surface area contributed by atoms with E-state index in [4.69, 9.17) is 9.88 Å². The summed E-state index contributed by atoms with van der Waals surface area (Å²) in [6.45, 7) is 1.28. The lowest BCUT2D eigenvalue weighted by atomic mass is 10.0.